The van der Waals surface area contributed by atoms with Gasteiger partial charge in [0, 0.05) is 31.2 Å². The average Bonchev–Trinajstić information content (AvgIpc) is 2.84. The van der Waals surface area contributed by atoms with Gasteiger partial charge in [-0.15, -0.1) is 0 Å². The molecular weight excluding hydrogens is 448 g/mol. The Labute approximate surface area is 198 Å². The molecule has 8 nitrogen and oxygen atoms in total. The minimum absolute atomic E-state index is 0.171. The number of ether oxygens (including phenoxy) is 1. The van der Waals surface area contributed by atoms with E-state index in [1.165, 1.54) is 24.6 Å². The molecule has 1 aromatic carbocycles. The third kappa shape index (κ3) is 5.95. The van der Waals surface area contributed by atoms with Gasteiger partial charge in [-0.3, -0.25) is 4.79 Å². The van der Waals surface area contributed by atoms with E-state index < -0.39 is 0 Å². The molecule has 172 valence electrons. The van der Waals surface area contributed by atoms with Crippen LogP contribution < -0.4 is 19.9 Å². The van der Waals surface area contributed by atoms with Gasteiger partial charge < -0.3 is 19.9 Å². The molecular formula is C22H29ClN6O2S. The average molecular weight is 477 g/mol. The van der Waals surface area contributed by atoms with Gasteiger partial charge in [-0.05, 0) is 56.7 Å². The Morgan fingerprint density at radius 1 is 1.00 bits per heavy atom. The van der Waals surface area contributed by atoms with Gasteiger partial charge in [0.15, 0.2) is 5.16 Å². The van der Waals surface area contributed by atoms with Gasteiger partial charge in [0.1, 0.15) is 5.75 Å². The van der Waals surface area contributed by atoms with Crippen molar-refractivity contribution >= 4 is 46.9 Å². The Hall–Kier alpha value is -2.26. The van der Waals surface area contributed by atoms with E-state index >= 15 is 0 Å². The number of rotatable bonds is 7. The van der Waals surface area contributed by atoms with Crippen molar-refractivity contribution in [2.45, 2.75) is 43.7 Å². The molecule has 0 aliphatic carbocycles. The molecule has 2 aliphatic heterocycles. The van der Waals surface area contributed by atoms with Crippen molar-refractivity contribution < 1.29 is 9.53 Å². The van der Waals surface area contributed by atoms with Crippen molar-refractivity contribution in [2.24, 2.45) is 0 Å². The predicted molar refractivity (Wildman–Crippen MR) is 129 cm³/mol. The topological polar surface area (TPSA) is 83.5 Å². The maximum Gasteiger partial charge on any atom is 0.234 e. The lowest BCUT2D eigenvalue weighted by molar-refractivity contribution is -0.113. The molecule has 2 fully saturated rings. The van der Waals surface area contributed by atoms with E-state index in [1.807, 2.05) is 0 Å². The van der Waals surface area contributed by atoms with Crippen LogP contribution in [0.25, 0.3) is 0 Å². The van der Waals surface area contributed by atoms with E-state index in [2.05, 4.69) is 15.1 Å². The van der Waals surface area contributed by atoms with Crippen LogP contribution in [-0.2, 0) is 4.79 Å². The molecule has 2 saturated heterocycles. The van der Waals surface area contributed by atoms with Crippen LogP contribution in [0, 0.1) is 0 Å². The first kappa shape index (κ1) is 22.9. The fourth-order valence-corrected chi connectivity index (χ4v) is 4.76. The summed E-state index contributed by atoms with van der Waals surface area (Å²) in [6.45, 7) is 3.84. The number of hydrogen-bond donors (Lipinski definition) is 1. The monoisotopic (exact) mass is 476 g/mol. The number of anilines is 3. The van der Waals surface area contributed by atoms with Crippen molar-refractivity contribution in [3.8, 4) is 5.75 Å². The summed E-state index contributed by atoms with van der Waals surface area (Å²) in [5, 5.41) is 3.98. The number of nitrogens with zero attached hydrogens (tertiary/aromatic N) is 5. The van der Waals surface area contributed by atoms with E-state index in [0.717, 1.165) is 63.8 Å². The van der Waals surface area contributed by atoms with Crippen LogP contribution in [-0.4, -0.2) is 59.9 Å². The van der Waals surface area contributed by atoms with Gasteiger partial charge in [-0.25, -0.2) is 0 Å². The number of carbonyl (C=O) groups excluding carboxylic acids is 1. The summed E-state index contributed by atoms with van der Waals surface area (Å²) in [6, 6.07) is 5.13. The number of halogens is 1. The first-order chi connectivity index (χ1) is 15.6. The summed E-state index contributed by atoms with van der Waals surface area (Å²) in [5.74, 6) is 2.01. The third-order valence-electron chi connectivity index (χ3n) is 5.64. The van der Waals surface area contributed by atoms with Gasteiger partial charge in [-0.2, -0.15) is 15.0 Å². The molecule has 3 heterocycles. The minimum Gasteiger partial charge on any atom is -0.495 e. The maximum absolute atomic E-state index is 12.6. The molecule has 0 atom stereocenters. The lowest BCUT2D eigenvalue weighted by Crippen LogP contribution is -2.34. The molecule has 0 spiro atoms. The van der Waals surface area contributed by atoms with Crippen molar-refractivity contribution in [2.75, 3.05) is 54.2 Å². The van der Waals surface area contributed by atoms with E-state index in [-0.39, 0.29) is 11.7 Å². The van der Waals surface area contributed by atoms with Gasteiger partial charge >= 0.3 is 0 Å². The lowest BCUT2D eigenvalue weighted by atomic mass is 10.1. The molecule has 4 rings (SSSR count). The van der Waals surface area contributed by atoms with Crippen LogP contribution in [0.1, 0.15) is 38.5 Å². The van der Waals surface area contributed by atoms with Crippen LogP contribution in [0.3, 0.4) is 0 Å². The number of thioether (sulfide) groups is 1. The Morgan fingerprint density at radius 2 is 1.59 bits per heavy atom. The fraction of sp³-hybridized carbons (Fsp3) is 0.545. The zero-order valence-corrected chi connectivity index (χ0v) is 19.9. The molecule has 0 bridgehead atoms. The van der Waals surface area contributed by atoms with E-state index in [0.29, 0.717) is 21.6 Å². The van der Waals surface area contributed by atoms with Crippen LogP contribution in [0.5, 0.6) is 5.75 Å². The Kier molecular flexibility index (Phi) is 7.91. The van der Waals surface area contributed by atoms with Crippen molar-refractivity contribution in [1.29, 1.82) is 0 Å². The highest BCUT2D eigenvalue weighted by molar-refractivity contribution is 7.99. The predicted octanol–water partition coefficient (Wildman–Crippen LogP) is 4.25. The molecule has 1 amide bonds. The normalized spacial score (nSPS) is 16.7. The van der Waals surface area contributed by atoms with Crippen molar-refractivity contribution in [3.63, 3.8) is 0 Å². The number of methoxy groups -OCH3 is 1. The summed E-state index contributed by atoms with van der Waals surface area (Å²) < 4.78 is 5.31. The van der Waals surface area contributed by atoms with Gasteiger partial charge in [0.25, 0.3) is 0 Å². The third-order valence-corrected chi connectivity index (χ3v) is 6.72. The number of aromatic nitrogens is 3. The summed E-state index contributed by atoms with van der Waals surface area (Å²) in [5.41, 5.74) is 0.546. The van der Waals surface area contributed by atoms with E-state index in [1.54, 1.807) is 25.3 Å². The van der Waals surface area contributed by atoms with E-state index in [4.69, 9.17) is 31.3 Å². The first-order valence-electron chi connectivity index (χ1n) is 11.1. The number of nitrogens with one attached hydrogen (secondary N) is 1. The molecule has 2 aromatic rings. The number of amides is 1. The zero-order valence-electron chi connectivity index (χ0n) is 18.3. The lowest BCUT2D eigenvalue weighted by Gasteiger charge is -2.30. The number of piperidine rings is 2. The van der Waals surface area contributed by atoms with Crippen LogP contribution in [0.4, 0.5) is 17.6 Å². The molecule has 0 saturated carbocycles. The molecule has 32 heavy (non-hydrogen) atoms. The van der Waals surface area contributed by atoms with E-state index in [9.17, 15) is 4.79 Å². The van der Waals surface area contributed by atoms with Crippen molar-refractivity contribution in [3.05, 3.63) is 23.2 Å². The molecule has 1 aromatic heterocycles. The van der Waals surface area contributed by atoms with Crippen molar-refractivity contribution in [1.82, 2.24) is 15.0 Å². The highest BCUT2D eigenvalue weighted by Gasteiger charge is 2.21. The van der Waals surface area contributed by atoms with Crippen LogP contribution in [0.15, 0.2) is 23.4 Å². The first-order valence-corrected chi connectivity index (χ1v) is 12.5. The second-order valence-corrected chi connectivity index (χ2v) is 9.37. The largest absolute Gasteiger partial charge is 0.495 e. The second-order valence-electron chi connectivity index (χ2n) is 7.99. The number of carbonyl (C=O) groups is 1. The highest BCUT2D eigenvalue weighted by atomic mass is 35.5. The molecule has 0 radical (unpaired) electrons. The molecule has 2 aliphatic rings. The summed E-state index contributed by atoms with van der Waals surface area (Å²) in [7, 11) is 1.56. The fourth-order valence-electron chi connectivity index (χ4n) is 3.97. The zero-order chi connectivity index (χ0) is 22.3. The molecule has 1 N–H and O–H groups in total. The second kappa shape index (κ2) is 11.0. The van der Waals surface area contributed by atoms with Crippen LogP contribution in [0.2, 0.25) is 5.02 Å². The summed E-state index contributed by atoms with van der Waals surface area (Å²) in [4.78, 5) is 31.3. The maximum atomic E-state index is 12.6. The van der Waals surface area contributed by atoms with Gasteiger partial charge in [0.05, 0.1) is 18.6 Å². The Morgan fingerprint density at radius 3 is 2.16 bits per heavy atom. The Balaban J connectivity index is 1.48. The number of benzene rings is 1. The Bertz CT molecular complexity index is 898. The van der Waals surface area contributed by atoms with Gasteiger partial charge in [-0.1, -0.05) is 23.4 Å². The summed E-state index contributed by atoms with van der Waals surface area (Å²) in [6.07, 6.45) is 7.09. The summed E-state index contributed by atoms with van der Waals surface area (Å²) >= 11 is 7.38. The van der Waals surface area contributed by atoms with Gasteiger partial charge in [0.2, 0.25) is 17.8 Å². The highest BCUT2D eigenvalue weighted by Crippen LogP contribution is 2.29. The number of hydrogen-bond acceptors (Lipinski definition) is 8. The van der Waals surface area contributed by atoms with Crippen LogP contribution >= 0.6 is 23.4 Å². The SMILES string of the molecule is COc1ccc(Cl)cc1NC(=O)CSc1nc(N2CCCCC2)nc(N2CCCCC2)n1. The smallest absolute Gasteiger partial charge is 0.234 e. The molecule has 0 unspecified atom stereocenters. The minimum atomic E-state index is -0.171. The molecule has 10 heteroatoms. The standard InChI is InChI=1S/C22H29ClN6O2S/c1-31-18-9-8-16(23)14-17(18)24-19(30)15-32-22-26-20(28-10-4-2-5-11-28)25-21(27-22)29-12-6-3-7-13-29/h8-9,14H,2-7,10-13,15H2,1H3,(H,24,30). The quantitative estimate of drug-likeness (QED) is 0.594.